The van der Waals surface area contributed by atoms with Crippen LogP contribution in [0.4, 0.5) is 4.79 Å². The fraction of sp³-hybridized carbons (Fsp3) is 0.304. The molecule has 8 heteroatoms. The molecule has 1 rings (SSSR count). The van der Waals surface area contributed by atoms with E-state index in [1.54, 1.807) is 32.9 Å². The van der Waals surface area contributed by atoms with Crippen LogP contribution < -0.4 is 0 Å². The van der Waals surface area contributed by atoms with E-state index in [0.29, 0.717) is 4.31 Å². The van der Waals surface area contributed by atoms with E-state index in [1.807, 2.05) is 6.92 Å². The Bertz CT molecular complexity index is 1100. The second-order valence-electron chi connectivity index (χ2n) is 7.04. The van der Waals surface area contributed by atoms with Gasteiger partial charge < -0.3 is 9.47 Å². The summed E-state index contributed by atoms with van der Waals surface area (Å²) < 4.78 is 36.5. The molecule has 0 radical (unpaired) electrons. The number of amides is 1. The molecule has 0 aliphatic carbocycles. The maximum atomic E-state index is 13.0. The highest BCUT2D eigenvalue weighted by molar-refractivity contribution is 7.89. The fourth-order valence-electron chi connectivity index (χ4n) is 1.97. The zero-order chi connectivity index (χ0) is 23.5. The Morgan fingerprint density at radius 1 is 1.13 bits per heavy atom. The Kier molecular flexibility index (Phi) is 9.41. The number of benzene rings is 1. The average molecular weight is 442 g/mol. The lowest BCUT2D eigenvalue weighted by Gasteiger charge is -2.26. The third-order valence-corrected chi connectivity index (χ3v) is 5.05. The van der Waals surface area contributed by atoms with Crippen LogP contribution in [0.25, 0.3) is 0 Å². The number of nitrogens with zero attached hydrogens (tertiary/aromatic N) is 1. The Morgan fingerprint density at radius 3 is 2.35 bits per heavy atom. The van der Waals surface area contributed by atoms with Crippen LogP contribution in [0.15, 0.2) is 41.3 Å². The summed E-state index contributed by atoms with van der Waals surface area (Å²) in [6.07, 6.45) is 6.05. The van der Waals surface area contributed by atoms with Crippen LogP contribution in [0.3, 0.4) is 0 Å². The topological polar surface area (TPSA) is 90.0 Å². The number of hydrogen-bond acceptors (Lipinski definition) is 6. The van der Waals surface area contributed by atoms with Gasteiger partial charge in [0.25, 0.3) is 10.0 Å². The lowest BCUT2D eigenvalue weighted by atomic mass is 10.2. The van der Waals surface area contributed by atoms with Crippen LogP contribution in [-0.2, 0) is 24.3 Å². The molecule has 0 saturated carbocycles. The molecule has 0 fully saturated rings. The molecule has 0 bridgehead atoms. The Hall–Kier alpha value is -3.67. The summed E-state index contributed by atoms with van der Waals surface area (Å²) in [7, 11) is -4.22. The summed E-state index contributed by atoms with van der Waals surface area (Å²) in [5, 5.41) is 0. The van der Waals surface area contributed by atoms with Crippen molar-refractivity contribution < 1.29 is 27.5 Å². The first kappa shape index (κ1) is 25.4. The highest BCUT2D eigenvalue weighted by atomic mass is 32.2. The number of sulfonamides is 1. The van der Waals surface area contributed by atoms with Crippen molar-refractivity contribution in [3.63, 3.8) is 0 Å². The van der Waals surface area contributed by atoms with Crippen LogP contribution in [0.5, 0.6) is 0 Å². The highest BCUT2D eigenvalue weighted by Crippen LogP contribution is 2.20. The summed E-state index contributed by atoms with van der Waals surface area (Å²) in [5.41, 5.74) is -0.0549. The first-order valence-corrected chi connectivity index (χ1v) is 10.5. The summed E-state index contributed by atoms with van der Waals surface area (Å²) in [5.74, 6) is 10.8. The fourth-order valence-corrected chi connectivity index (χ4v) is 3.22. The molecule has 0 atom stereocenters. The van der Waals surface area contributed by atoms with Crippen molar-refractivity contribution in [2.45, 2.75) is 38.2 Å². The van der Waals surface area contributed by atoms with Gasteiger partial charge in [0, 0.05) is 6.08 Å². The van der Waals surface area contributed by atoms with Crippen LogP contribution in [0.1, 0.15) is 26.3 Å². The smallest absolute Gasteiger partial charge is 0.424 e. The molecule has 1 amide bonds. The van der Waals surface area contributed by atoms with Crippen molar-refractivity contribution in [1.82, 2.24) is 4.31 Å². The van der Waals surface area contributed by atoms with Gasteiger partial charge in [-0.2, -0.15) is 4.31 Å². The minimum absolute atomic E-state index is 0.0803. The monoisotopic (exact) mass is 441 g/mol. The quantitative estimate of drug-likeness (QED) is 0.383. The number of esters is 1. The predicted octanol–water partition coefficient (Wildman–Crippen LogP) is 2.66. The van der Waals surface area contributed by atoms with E-state index < -0.39 is 34.2 Å². The number of rotatable bonds is 6. The zero-order valence-corrected chi connectivity index (χ0v) is 18.6. The van der Waals surface area contributed by atoms with Gasteiger partial charge in [-0.05, 0) is 69.4 Å². The third kappa shape index (κ3) is 9.12. The molecule has 0 aromatic heterocycles. The minimum atomic E-state index is -4.22. The number of terminal acetylenes is 1. The van der Waals surface area contributed by atoms with E-state index in [9.17, 15) is 18.0 Å². The van der Waals surface area contributed by atoms with Gasteiger partial charge in [0.15, 0.2) is 6.61 Å². The highest BCUT2D eigenvalue weighted by Gasteiger charge is 2.32. The van der Waals surface area contributed by atoms with Gasteiger partial charge in [0.05, 0.1) is 11.4 Å². The van der Waals surface area contributed by atoms with E-state index >= 15 is 0 Å². The van der Waals surface area contributed by atoms with Gasteiger partial charge in [0.1, 0.15) is 5.60 Å². The van der Waals surface area contributed by atoms with Gasteiger partial charge in [-0.1, -0.05) is 23.8 Å². The molecule has 1 aromatic carbocycles. The SMILES string of the molecule is C#CC#CC#CCOC(=O)/C=C/CN(C(=O)OC(C)(C)C)S(=O)(=O)c1ccc(C)cc1. The van der Waals surface area contributed by atoms with Crippen LogP contribution in [-0.4, -0.2) is 43.5 Å². The third-order valence-electron chi connectivity index (χ3n) is 3.30. The molecule has 0 aliphatic heterocycles. The van der Waals surface area contributed by atoms with Crippen molar-refractivity contribution in [3.05, 3.63) is 42.0 Å². The number of carbonyl (C=O) groups excluding carboxylic acids is 2. The maximum Gasteiger partial charge on any atom is 0.424 e. The second-order valence-corrected chi connectivity index (χ2v) is 8.90. The summed E-state index contributed by atoms with van der Waals surface area (Å²) in [6, 6.07) is 6.01. The molecule has 7 nitrogen and oxygen atoms in total. The molecule has 1 aromatic rings. The molecular formula is C23H23NO6S. The van der Waals surface area contributed by atoms with E-state index in [0.717, 1.165) is 11.6 Å². The zero-order valence-electron chi connectivity index (χ0n) is 17.8. The van der Waals surface area contributed by atoms with Gasteiger partial charge in [0.2, 0.25) is 0 Å². The number of ether oxygens (including phenoxy) is 2. The van der Waals surface area contributed by atoms with E-state index in [-0.39, 0.29) is 11.5 Å². The van der Waals surface area contributed by atoms with Crippen molar-refractivity contribution in [3.8, 4) is 36.0 Å². The van der Waals surface area contributed by atoms with Crippen molar-refractivity contribution in [1.29, 1.82) is 0 Å². The Balaban J connectivity index is 2.97. The molecule has 0 saturated heterocycles. The predicted molar refractivity (Wildman–Crippen MR) is 116 cm³/mol. The van der Waals surface area contributed by atoms with E-state index in [2.05, 4.69) is 29.6 Å². The van der Waals surface area contributed by atoms with Crippen molar-refractivity contribution >= 4 is 22.1 Å². The second kappa shape index (κ2) is 11.5. The van der Waals surface area contributed by atoms with Crippen LogP contribution in [0.2, 0.25) is 0 Å². The Labute approximate surface area is 183 Å². The molecule has 31 heavy (non-hydrogen) atoms. The first-order valence-electron chi connectivity index (χ1n) is 9.06. The molecular weight excluding hydrogens is 418 g/mol. The summed E-state index contributed by atoms with van der Waals surface area (Å²) in [4.78, 5) is 24.2. The maximum absolute atomic E-state index is 13.0. The molecule has 0 unspecified atom stereocenters. The lowest BCUT2D eigenvalue weighted by molar-refractivity contribution is -0.136. The molecule has 0 heterocycles. The molecule has 0 N–H and O–H groups in total. The van der Waals surface area contributed by atoms with Crippen LogP contribution in [0, 0.1) is 42.9 Å². The standard InChI is InChI=1S/C23H23NO6S/c1-6-7-8-9-10-18-29-21(25)12-11-17-24(22(26)30-23(3,4)5)31(27,28)20-15-13-19(2)14-16-20/h1,11-16H,17-18H2,2-5H3/b12-11+. The van der Waals surface area contributed by atoms with Gasteiger partial charge in [-0.25, -0.2) is 18.0 Å². The average Bonchev–Trinajstić information content (AvgIpc) is 2.66. The molecule has 162 valence electrons. The molecule has 0 aliphatic rings. The van der Waals surface area contributed by atoms with Crippen molar-refractivity contribution in [2.24, 2.45) is 0 Å². The first-order chi connectivity index (χ1) is 14.5. The van der Waals surface area contributed by atoms with Crippen molar-refractivity contribution in [2.75, 3.05) is 13.2 Å². The van der Waals surface area contributed by atoms with E-state index in [1.165, 1.54) is 18.2 Å². The van der Waals surface area contributed by atoms with Gasteiger partial charge in [-0.15, -0.1) is 6.42 Å². The number of carbonyl (C=O) groups is 2. The summed E-state index contributed by atoms with van der Waals surface area (Å²) in [6.45, 7) is 6.00. The number of hydrogen-bond donors (Lipinski definition) is 0. The van der Waals surface area contributed by atoms with Gasteiger partial charge in [-0.3, -0.25) is 0 Å². The molecule has 0 spiro atoms. The van der Waals surface area contributed by atoms with Gasteiger partial charge >= 0.3 is 12.1 Å². The number of aryl methyl sites for hydroxylation is 1. The normalized spacial score (nSPS) is 10.7. The van der Waals surface area contributed by atoms with E-state index in [4.69, 9.17) is 15.9 Å². The minimum Gasteiger partial charge on any atom is -0.449 e. The largest absolute Gasteiger partial charge is 0.449 e. The lowest BCUT2D eigenvalue weighted by Crippen LogP contribution is -2.41. The summed E-state index contributed by atoms with van der Waals surface area (Å²) >= 11 is 0. The van der Waals surface area contributed by atoms with Crippen LogP contribution >= 0.6 is 0 Å². The Morgan fingerprint density at radius 2 is 1.77 bits per heavy atom.